The lowest BCUT2D eigenvalue weighted by Crippen LogP contribution is -2.16. The molecule has 0 aliphatic heterocycles. The molecular formula is C19H21F3N2O3. The van der Waals surface area contributed by atoms with Crippen molar-refractivity contribution in [2.75, 3.05) is 18.5 Å². The van der Waals surface area contributed by atoms with Crippen LogP contribution >= 0.6 is 0 Å². The first-order chi connectivity index (χ1) is 12.6. The molecule has 1 N–H and O–H groups in total. The maximum atomic E-state index is 13.2. The van der Waals surface area contributed by atoms with Gasteiger partial charge in [0.05, 0.1) is 10.5 Å². The van der Waals surface area contributed by atoms with E-state index in [9.17, 15) is 23.3 Å². The highest BCUT2D eigenvalue weighted by molar-refractivity contribution is 5.57. The Morgan fingerprint density at radius 3 is 2.48 bits per heavy atom. The van der Waals surface area contributed by atoms with Crippen LogP contribution in [0.3, 0.4) is 0 Å². The van der Waals surface area contributed by atoms with E-state index in [1.165, 1.54) is 0 Å². The van der Waals surface area contributed by atoms with E-state index in [1.807, 2.05) is 39.0 Å². The van der Waals surface area contributed by atoms with Gasteiger partial charge in [-0.2, -0.15) is 13.2 Å². The first-order valence-corrected chi connectivity index (χ1v) is 8.42. The number of non-ortho nitro benzene ring substituents is 1. The Hall–Kier alpha value is -2.77. The smallest absolute Gasteiger partial charge is 0.418 e. The quantitative estimate of drug-likeness (QED) is 0.388. The molecule has 0 heterocycles. The van der Waals surface area contributed by atoms with Crippen LogP contribution in [0.1, 0.15) is 36.5 Å². The summed E-state index contributed by atoms with van der Waals surface area (Å²) in [6, 6.07) is 8.47. The summed E-state index contributed by atoms with van der Waals surface area (Å²) < 4.78 is 45.2. The Kier molecular flexibility index (Phi) is 6.30. The molecule has 0 amide bonds. The van der Waals surface area contributed by atoms with Gasteiger partial charge in [-0.15, -0.1) is 0 Å². The van der Waals surface area contributed by atoms with Gasteiger partial charge in [-0.05, 0) is 36.1 Å². The molecule has 0 bridgehead atoms. The molecule has 27 heavy (non-hydrogen) atoms. The van der Waals surface area contributed by atoms with Crippen molar-refractivity contribution in [1.29, 1.82) is 0 Å². The summed E-state index contributed by atoms with van der Waals surface area (Å²) >= 11 is 0. The van der Waals surface area contributed by atoms with Gasteiger partial charge in [0.25, 0.3) is 5.69 Å². The minimum absolute atomic E-state index is 0.117. The number of hydrogen-bond acceptors (Lipinski definition) is 4. The number of alkyl halides is 3. The van der Waals surface area contributed by atoms with Crippen molar-refractivity contribution in [3.8, 4) is 5.75 Å². The van der Waals surface area contributed by atoms with Crippen molar-refractivity contribution in [1.82, 2.24) is 0 Å². The topological polar surface area (TPSA) is 64.4 Å². The molecule has 0 fully saturated rings. The van der Waals surface area contributed by atoms with Gasteiger partial charge in [0.15, 0.2) is 0 Å². The van der Waals surface area contributed by atoms with Crippen molar-refractivity contribution < 1.29 is 22.8 Å². The van der Waals surface area contributed by atoms with E-state index in [1.54, 1.807) is 0 Å². The second kappa shape index (κ2) is 8.28. The highest BCUT2D eigenvalue weighted by atomic mass is 19.4. The predicted octanol–water partition coefficient (Wildman–Crippen LogP) is 5.54. The van der Waals surface area contributed by atoms with E-state index in [0.29, 0.717) is 11.8 Å². The van der Waals surface area contributed by atoms with Crippen molar-refractivity contribution in [3.63, 3.8) is 0 Å². The Morgan fingerprint density at radius 1 is 1.19 bits per heavy atom. The maximum absolute atomic E-state index is 13.2. The Morgan fingerprint density at radius 2 is 1.89 bits per heavy atom. The van der Waals surface area contributed by atoms with Crippen LogP contribution in [0, 0.1) is 17.0 Å². The first kappa shape index (κ1) is 20.5. The van der Waals surface area contributed by atoms with Crippen molar-refractivity contribution >= 4 is 11.4 Å². The molecule has 0 saturated carbocycles. The number of rotatable bonds is 7. The van der Waals surface area contributed by atoms with Gasteiger partial charge < -0.3 is 10.1 Å². The van der Waals surface area contributed by atoms with Crippen LogP contribution in [0.2, 0.25) is 0 Å². The number of aryl methyl sites for hydroxylation is 1. The molecule has 8 heteroatoms. The SMILES string of the molecule is Cc1ccc(C(C)C)c(OCCNc2ccc([N+](=O)[O-])cc2C(F)(F)F)c1. The molecule has 146 valence electrons. The second-order valence-corrected chi connectivity index (χ2v) is 6.46. The lowest BCUT2D eigenvalue weighted by Gasteiger charge is -2.17. The van der Waals surface area contributed by atoms with Crippen molar-refractivity contribution in [2.45, 2.75) is 32.9 Å². The average Bonchev–Trinajstić information content (AvgIpc) is 2.57. The maximum Gasteiger partial charge on any atom is 0.418 e. The summed E-state index contributed by atoms with van der Waals surface area (Å²) in [5, 5.41) is 13.4. The van der Waals surface area contributed by atoms with Crippen molar-refractivity contribution in [2.24, 2.45) is 0 Å². The first-order valence-electron chi connectivity index (χ1n) is 8.42. The van der Waals surface area contributed by atoms with Gasteiger partial charge in [-0.1, -0.05) is 26.0 Å². The molecule has 0 saturated heterocycles. The number of nitro groups is 1. The van der Waals surface area contributed by atoms with Gasteiger partial charge in [-0.25, -0.2) is 0 Å². The van der Waals surface area contributed by atoms with Gasteiger partial charge in [0.2, 0.25) is 0 Å². The molecule has 5 nitrogen and oxygen atoms in total. The number of anilines is 1. The van der Waals surface area contributed by atoms with E-state index in [0.717, 1.165) is 23.3 Å². The number of benzene rings is 2. The lowest BCUT2D eigenvalue weighted by molar-refractivity contribution is -0.385. The average molecular weight is 382 g/mol. The number of nitrogens with one attached hydrogen (secondary N) is 1. The third-order valence-corrected chi connectivity index (χ3v) is 3.99. The highest BCUT2D eigenvalue weighted by Gasteiger charge is 2.35. The minimum atomic E-state index is -4.70. The molecule has 0 spiro atoms. The molecule has 0 atom stereocenters. The van der Waals surface area contributed by atoms with Crippen LogP contribution in [0.15, 0.2) is 36.4 Å². The Balaban J connectivity index is 2.08. The Labute approximate surface area is 155 Å². The van der Waals surface area contributed by atoms with Crippen LogP contribution < -0.4 is 10.1 Å². The summed E-state index contributed by atoms with van der Waals surface area (Å²) in [6.07, 6.45) is -4.70. The van der Waals surface area contributed by atoms with E-state index >= 15 is 0 Å². The fourth-order valence-electron chi connectivity index (χ4n) is 2.62. The second-order valence-electron chi connectivity index (χ2n) is 6.46. The van der Waals surface area contributed by atoms with Gasteiger partial charge in [0.1, 0.15) is 12.4 Å². The minimum Gasteiger partial charge on any atom is -0.491 e. The fourth-order valence-corrected chi connectivity index (χ4v) is 2.62. The number of halogens is 3. The third kappa shape index (κ3) is 5.35. The van der Waals surface area contributed by atoms with Crippen molar-refractivity contribution in [3.05, 3.63) is 63.2 Å². The van der Waals surface area contributed by atoms with Crippen LogP contribution in [0.4, 0.5) is 24.5 Å². The van der Waals surface area contributed by atoms with Gasteiger partial charge in [-0.3, -0.25) is 10.1 Å². The Bertz CT molecular complexity index is 820. The predicted molar refractivity (Wildman–Crippen MR) is 97.4 cm³/mol. The van der Waals surface area contributed by atoms with Crippen LogP contribution in [-0.2, 0) is 6.18 Å². The molecule has 0 aromatic heterocycles. The molecule has 2 aromatic rings. The molecule has 2 aromatic carbocycles. The molecule has 2 rings (SSSR count). The summed E-state index contributed by atoms with van der Waals surface area (Å²) in [5.41, 5.74) is 0.148. The highest BCUT2D eigenvalue weighted by Crippen LogP contribution is 2.37. The number of nitro benzene ring substituents is 1. The molecular weight excluding hydrogens is 361 g/mol. The largest absolute Gasteiger partial charge is 0.491 e. The standard InChI is InChI=1S/C19H21F3N2O3/c1-12(2)15-6-4-13(3)10-18(15)27-9-8-23-17-7-5-14(24(25)26)11-16(17)19(20,21)22/h4-7,10-12,23H,8-9H2,1-3H3. The van der Waals surface area contributed by atoms with E-state index in [4.69, 9.17) is 4.74 Å². The summed E-state index contributed by atoms with van der Waals surface area (Å²) in [7, 11) is 0. The fraction of sp³-hybridized carbons (Fsp3) is 0.368. The monoisotopic (exact) mass is 382 g/mol. The van der Waals surface area contributed by atoms with E-state index < -0.39 is 22.4 Å². The molecule has 0 unspecified atom stereocenters. The molecule has 0 radical (unpaired) electrons. The van der Waals surface area contributed by atoms with Gasteiger partial charge in [0, 0.05) is 24.4 Å². The zero-order valence-electron chi connectivity index (χ0n) is 15.3. The summed E-state index contributed by atoms with van der Waals surface area (Å²) in [6.45, 7) is 6.26. The summed E-state index contributed by atoms with van der Waals surface area (Å²) in [5.74, 6) is 0.951. The third-order valence-electron chi connectivity index (χ3n) is 3.99. The zero-order valence-corrected chi connectivity index (χ0v) is 15.3. The lowest BCUT2D eigenvalue weighted by atomic mass is 10.0. The van der Waals surface area contributed by atoms with Crippen LogP contribution in [0.5, 0.6) is 5.75 Å². The number of hydrogen-bond donors (Lipinski definition) is 1. The van der Waals surface area contributed by atoms with E-state index in [-0.39, 0.29) is 24.8 Å². The molecule has 0 aliphatic carbocycles. The van der Waals surface area contributed by atoms with Gasteiger partial charge >= 0.3 is 6.18 Å². The number of ether oxygens (including phenoxy) is 1. The van der Waals surface area contributed by atoms with E-state index in [2.05, 4.69) is 5.32 Å². The van der Waals surface area contributed by atoms with Crippen LogP contribution in [0.25, 0.3) is 0 Å². The summed E-state index contributed by atoms with van der Waals surface area (Å²) in [4.78, 5) is 9.87. The normalized spacial score (nSPS) is 11.5. The molecule has 0 aliphatic rings. The zero-order chi connectivity index (χ0) is 20.2. The van der Waals surface area contributed by atoms with Crippen LogP contribution in [-0.4, -0.2) is 18.1 Å². The number of nitrogens with zero attached hydrogens (tertiary/aromatic N) is 1.